The molecular weight excluding hydrogens is 329 g/mol. The van der Waals surface area contributed by atoms with Gasteiger partial charge < -0.3 is 9.84 Å². The van der Waals surface area contributed by atoms with Crippen LogP contribution in [-0.4, -0.2) is 36.2 Å². The Hall–Kier alpha value is -1.91. The molecule has 2 aromatic carbocycles. The lowest BCUT2D eigenvalue weighted by Gasteiger charge is -2.41. The quantitative estimate of drug-likeness (QED) is 0.885. The van der Waals surface area contributed by atoms with Crippen molar-refractivity contribution in [3.8, 4) is 5.75 Å². The lowest BCUT2D eigenvalue weighted by Crippen LogP contribution is -2.42. The average Bonchev–Trinajstić information content (AvgIpc) is 3.09. The smallest absolute Gasteiger partial charge is 0.123 e. The summed E-state index contributed by atoms with van der Waals surface area (Å²) in [5.74, 6) is 1.27. The molecule has 2 aliphatic rings. The van der Waals surface area contributed by atoms with Crippen molar-refractivity contribution < 1.29 is 14.2 Å². The van der Waals surface area contributed by atoms with Gasteiger partial charge in [-0.25, -0.2) is 4.39 Å². The first-order chi connectivity index (χ1) is 12.6. The van der Waals surface area contributed by atoms with Crippen molar-refractivity contribution in [1.82, 2.24) is 4.90 Å². The maximum atomic E-state index is 12.9. The topological polar surface area (TPSA) is 32.7 Å². The van der Waals surface area contributed by atoms with Crippen molar-refractivity contribution in [3.63, 3.8) is 0 Å². The van der Waals surface area contributed by atoms with Crippen LogP contribution in [0.5, 0.6) is 5.75 Å². The van der Waals surface area contributed by atoms with Crippen LogP contribution in [0.2, 0.25) is 0 Å². The molecule has 0 unspecified atom stereocenters. The standard InChI is InChI=1S/C22H26FNO2/c23-19-8-10-20(11-9-19)26-14-13-24-15-17-5-4-12-22(25,21(17)16-24)18-6-2-1-3-7-18/h1-3,6-11,17,21,25H,4-5,12-16H2/t17-,21+,22+/m0/s1. The zero-order chi connectivity index (χ0) is 18.0. The second-order valence-corrected chi connectivity index (χ2v) is 7.61. The Bertz CT molecular complexity index is 721. The minimum Gasteiger partial charge on any atom is -0.492 e. The Morgan fingerprint density at radius 3 is 2.62 bits per heavy atom. The number of hydrogen-bond acceptors (Lipinski definition) is 3. The second-order valence-electron chi connectivity index (χ2n) is 7.61. The van der Waals surface area contributed by atoms with Gasteiger partial charge in [-0.2, -0.15) is 0 Å². The highest BCUT2D eigenvalue weighted by Crippen LogP contribution is 2.48. The van der Waals surface area contributed by atoms with Crippen LogP contribution < -0.4 is 4.74 Å². The molecule has 1 N–H and O–H groups in total. The van der Waals surface area contributed by atoms with Crippen LogP contribution in [0.1, 0.15) is 24.8 Å². The van der Waals surface area contributed by atoms with E-state index in [9.17, 15) is 9.50 Å². The van der Waals surface area contributed by atoms with E-state index in [0.29, 0.717) is 18.3 Å². The molecule has 0 radical (unpaired) electrons. The van der Waals surface area contributed by atoms with Gasteiger partial charge in [0.05, 0.1) is 5.60 Å². The molecule has 0 bridgehead atoms. The zero-order valence-electron chi connectivity index (χ0n) is 15.0. The van der Waals surface area contributed by atoms with E-state index in [-0.39, 0.29) is 11.7 Å². The van der Waals surface area contributed by atoms with Crippen LogP contribution in [0.25, 0.3) is 0 Å². The van der Waals surface area contributed by atoms with E-state index in [1.807, 2.05) is 18.2 Å². The largest absolute Gasteiger partial charge is 0.492 e. The summed E-state index contributed by atoms with van der Waals surface area (Å²) in [7, 11) is 0. The Balaban J connectivity index is 1.37. The van der Waals surface area contributed by atoms with Gasteiger partial charge in [0.25, 0.3) is 0 Å². The normalized spacial score (nSPS) is 28.7. The SMILES string of the molecule is O[C@@]1(c2ccccc2)CCC[C@H]2CN(CCOc3ccc(F)cc3)C[C@H]21. The summed E-state index contributed by atoms with van der Waals surface area (Å²) in [5, 5.41) is 11.5. The highest BCUT2D eigenvalue weighted by atomic mass is 19.1. The first kappa shape index (κ1) is 17.5. The number of rotatable bonds is 5. The molecule has 1 aliphatic carbocycles. The third-order valence-electron chi connectivity index (χ3n) is 6.03. The lowest BCUT2D eigenvalue weighted by molar-refractivity contribution is -0.0648. The van der Waals surface area contributed by atoms with Crippen molar-refractivity contribution in [3.05, 3.63) is 66.0 Å². The highest BCUT2D eigenvalue weighted by molar-refractivity contribution is 5.25. The second kappa shape index (κ2) is 7.37. The van der Waals surface area contributed by atoms with E-state index < -0.39 is 5.60 Å². The molecule has 0 amide bonds. The lowest BCUT2D eigenvalue weighted by atomic mass is 9.67. The van der Waals surface area contributed by atoms with E-state index >= 15 is 0 Å². The van der Waals surface area contributed by atoms with Crippen molar-refractivity contribution in [2.24, 2.45) is 11.8 Å². The molecule has 138 valence electrons. The monoisotopic (exact) mass is 355 g/mol. The summed E-state index contributed by atoms with van der Waals surface area (Å²) in [6.45, 7) is 3.33. The molecule has 4 heteroatoms. The zero-order valence-corrected chi connectivity index (χ0v) is 15.0. The van der Waals surface area contributed by atoms with Crippen LogP contribution in [0, 0.1) is 17.7 Å². The van der Waals surface area contributed by atoms with Crippen LogP contribution >= 0.6 is 0 Å². The maximum absolute atomic E-state index is 12.9. The molecular formula is C22H26FNO2. The number of aliphatic hydroxyl groups is 1. The van der Waals surface area contributed by atoms with E-state index in [4.69, 9.17) is 4.74 Å². The molecule has 1 saturated heterocycles. The number of hydrogen-bond donors (Lipinski definition) is 1. The average molecular weight is 355 g/mol. The fraction of sp³-hybridized carbons (Fsp3) is 0.455. The summed E-state index contributed by atoms with van der Waals surface area (Å²) in [6.07, 6.45) is 3.11. The third-order valence-corrected chi connectivity index (χ3v) is 6.03. The highest BCUT2D eigenvalue weighted by Gasteiger charge is 2.49. The van der Waals surface area contributed by atoms with Gasteiger partial charge in [0.15, 0.2) is 0 Å². The molecule has 1 heterocycles. The Morgan fingerprint density at radius 2 is 1.85 bits per heavy atom. The first-order valence-electron chi connectivity index (χ1n) is 9.54. The summed E-state index contributed by atoms with van der Waals surface area (Å²) in [4.78, 5) is 2.40. The fourth-order valence-corrected chi connectivity index (χ4v) is 4.70. The van der Waals surface area contributed by atoms with Gasteiger partial charge in [-0.3, -0.25) is 4.90 Å². The van der Waals surface area contributed by atoms with Crippen molar-refractivity contribution in [1.29, 1.82) is 0 Å². The molecule has 2 aromatic rings. The maximum Gasteiger partial charge on any atom is 0.123 e. The van der Waals surface area contributed by atoms with Crippen LogP contribution in [0.4, 0.5) is 4.39 Å². The summed E-state index contributed by atoms with van der Waals surface area (Å²) >= 11 is 0. The van der Waals surface area contributed by atoms with Gasteiger partial charge in [-0.15, -0.1) is 0 Å². The van der Waals surface area contributed by atoms with E-state index in [2.05, 4.69) is 17.0 Å². The minimum absolute atomic E-state index is 0.249. The summed E-state index contributed by atoms with van der Waals surface area (Å²) in [6, 6.07) is 16.3. The number of ether oxygens (including phenoxy) is 1. The van der Waals surface area contributed by atoms with E-state index in [1.54, 1.807) is 12.1 Å². The predicted molar refractivity (Wildman–Crippen MR) is 99.5 cm³/mol. The van der Waals surface area contributed by atoms with Gasteiger partial charge >= 0.3 is 0 Å². The fourth-order valence-electron chi connectivity index (χ4n) is 4.70. The number of likely N-dealkylation sites (tertiary alicyclic amines) is 1. The first-order valence-corrected chi connectivity index (χ1v) is 9.54. The number of nitrogens with zero attached hydrogens (tertiary/aromatic N) is 1. The Morgan fingerprint density at radius 1 is 1.08 bits per heavy atom. The molecule has 1 saturated carbocycles. The summed E-state index contributed by atoms with van der Waals surface area (Å²) < 4.78 is 18.7. The van der Waals surface area contributed by atoms with Gasteiger partial charge in [0.2, 0.25) is 0 Å². The van der Waals surface area contributed by atoms with E-state index in [0.717, 1.165) is 38.0 Å². The molecule has 1 aliphatic heterocycles. The number of benzene rings is 2. The third kappa shape index (κ3) is 3.49. The van der Waals surface area contributed by atoms with Crippen molar-refractivity contribution in [2.45, 2.75) is 24.9 Å². The van der Waals surface area contributed by atoms with Crippen LogP contribution in [0.3, 0.4) is 0 Å². The van der Waals surface area contributed by atoms with E-state index in [1.165, 1.54) is 18.6 Å². The number of halogens is 1. The van der Waals surface area contributed by atoms with Crippen LogP contribution in [-0.2, 0) is 5.60 Å². The van der Waals surface area contributed by atoms with Crippen LogP contribution in [0.15, 0.2) is 54.6 Å². The summed E-state index contributed by atoms with van der Waals surface area (Å²) in [5.41, 5.74) is 0.343. The molecule has 3 atom stereocenters. The molecule has 4 rings (SSSR count). The van der Waals surface area contributed by atoms with Gasteiger partial charge in [0, 0.05) is 25.6 Å². The molecule has 0 aromatic heterocycles. The molecule has 2 fully saturated rings. The Kier molecular flexibility index (Phi) is 4.96. The van der Waals surface area contributed by atoms with Crippen molar-refractivity contribution in [2.75, 3.05) is 26.2 Å². The van der Waals surface area contributed by atoms with Gasteiger partial charge in [-0.1, -0.05) is 30.3 Å². The molecule has 0 spiro atoms. The Labute approximate surface area is 154 Å². The molecule has 26 heavy (non-hydrogen) atoms. The van der Waals surface area contributed by atoms with Gasteiger partial charge in [-0.05, 0) is 55.0 Å². The molecule has 3 nitrogen and oxygen atoms in total. The van der Waals surface area contributed by atoms with Gasteiger partial charge in [0.1, 0.15) is 18.2 Å². The minimum atomic E-state index is -0.712. The van der Waals surface area contributed by atoms with Crippen molar-refractivity contribution >= 4 is 0 Å². The number of fused-ring (bicyclic) bond motifs is 1. The predicted octanol–water partition coefficient (Wildman–Crippen LogP) is 3.82.